The van der Waals surface area contributed by atoms with E-state index in [1.54, 1.807) is 18.2 Å². The van der Waals surface area contributed by atoms with Crippen LogP contribution in [0.3, 0.4) is 0 Å². The number of carbonyl (C=O) groups is 1. The molecule has 0 saturated carbocycles. The first kappa shape index (κ1) is 12.3. The van der Waals surface area contributed by atoms with Crippen LogP contribution in [0.2, 0.25) is 10.0 Å². The zero-order chi connectivity index (χ0) is 12.4. The lowest BCUT2D eigenvalue weighted by Gasteiger charge is -2.24. The number of benzene rings is 1. The maximum absolute atomic E-state index is 10.4. The van der Waals surface area contributed by atoms with E-state index in [4.69, 9.17) is 33.0 Å². The minimum Gasteiger partial charge on any atom is -0.491 e. The van der Waals surface area contributed by atoms with Crippen molar-refractivity contribution in [1.82, 2.24) is 0 Å². The highest BCUT2D eigenvalue weighted by Gasteiger charge is 2.21. The van der Waals surface area contributed by atoms with Gasteiger partial charge in [0.2, 0.25) is 0 Å². The zero-order valence-electron chi connectivity index (χ0n) is 8.82. The second-order valence-electron chi connectivity index (χ2n) is 3.85. The van der Waals surface area contributed by atoms with E-state index in [0.29, 0.717) is 28.8 Å². The third kappa shape index (κ3) is 2.93. The lowest BCUT2D eigenvalue weighted by atomic mass is 9.96. The molecule has 90 valence electrons. The molecule has 2 rings (SSSR count). The maximum Gasteiger partial charge on any atom is 0.327 e. The Bertz CT molecular complexity index is 483. The molecule has 0 spiro atoms. The minimum atomic E-state index is -0.958. The van der Waals surface area contributed by atoms with Crippen LogP contribution < -0.4 is 4.74 Å². The van der Waals surface area contributed by atoms with Crippen molar-refractivity contribution >= 4 is 29.2 Å². The average molecular weight is 273 g/mol. The topological polar surface area (TPSA) is 46.5 Å². The summed E-state index contributed by atoms with van der Waals surface area (Å²) in [6, 6.07) is 3.43. The molecule has 0 radical (unpaired) electrons. The minimum absolute atomic E-state index is 0.0353. The lowest BCUT2D eigenvalue weighted by molar-refractivity contribution is -0.131. The molecule has 0 saturated heterocycles. The molecule has 0 amide bonds. The summed E-state index contributed by atoms with van der Waals surface area (Å²) in [5.41, 5.74) is 0.911. The lowest BCUT2D eigenvalue weighted by Crippen LogP contribution is -2.19. The van der Waals surface area contributed by atoms with Gasteiger partial charge in [-0.3, -0.25) is 0 Å². The Morgan fingerprint density at radius 1 is 1.47 bits per heavy atom. The van der Waals surface area contributed by atoms with E-state index >= 15 is 0 Å². The van der Waals surface area contributed by atoms with Crippen molar-refractivity contribution in [2.24, 2.45) is 5.92 Å². The summed E-state index contributed by atoms with van der Waals surface area (Å²) in [6.07, 6.45) is 3.44. The van der Waals surface area contributed by atoms with Gasteiger partial charge < -0.3 is 9.84 Å². The molecule has 0 aromatic heterocycles. The molecular weight excluding hydrogens is 263 g/mol. The van der Waals surface area contributed by atoms with Crippen molar-refractivity contribution in [3.63, 3.8) is 0 Å². The molecule has 0 aliphatic carbocycles. The number of fused-ring (bicyclic) bond motifs is 1. The molecule has 3 nitrogen and oxygen atoms in total. The van der Waals surface area contributed by atoms with E-state index < -0.39 is 5.97 Å². The molecule has 1 aromatic rings. The average Bonchev–Trinajstić information content (AvgIpc) is 2.25. The number of carboxylic acids is 1. The van der Waals surface area contributed by atoms with Gasteiger partial charge in [0.15, 0.2) is 0 Å². The monoisotopic (exact) mass is 272 g/mol. The molecule has 5 heteroatoms. The number of hydrogen-bond acceptors (Lipinski definition) is 2. The fourth-order valence-corrected chi connectivity index (χ4v) is 2.39. The summed E-state index contributed by atoms with van der Waals surface area (Å²) in [4.78, 5) is 10.4. The largest absolute Gasteiger partial charge is 0.491 e. The van der Waals surface area contributed by atoms with E-state index in [2.05, 4.69) is 0 Å². The van der Waals surface area contributed by atoms with Gasteiger partial charge >= 0.3 is 5.97 Å². The van der Waals surface area contributed by atoms with Crippen LogP contribution in [0.4, 0.5) is 0 Å². The Kier molecular flexibility index (Phi) is 3.60. The van der Waals surface area contributed by atoms with E-state index in [0.717, 1.165) is 11.6 Å². The zero-order valence-corrected chi connectivity index (χ0v) is 10.3. The quantitative estimate of drug-likeness (QED) is 0.842. The Labute approximate surface area is 109 Å². The molecule has 1 atom stereocenters. The SMILES string of the molecule is O=C(O)C=CC1COc2c(Cl)cc(Cl)cc2C1. The predicted octanol–water partition coefficient (Wildman–Crippen LogP) is 3.19. The second-order valence-corrected chi connectivity index (χ2v) is 4.69. The van der Waals surface area contributed by atoms with Gasteiger partial charge in [0.05, 0.1) is 11.6 Å². The third-order valence-corrected chi connectivity index (χ3v) is 3.02. The Morgan fingerprint density at radius 2 is 2.24 bits per heavy atom. The van der Waals surface area contributed by atoms with Crippen LogP contribution >= 0.6 is 23.2 Å². The van der Waals surface area contributed by atoms with Crippen molar-refractivity contribution in [3.8, 4) is 5.75 Å². The van der Waals surface area contributed by atoms with E-state index in [1.807, 2.05) is 0 Å². The number of halogens is 2. The van der Waals surface area contributed by atoms with Gasteiger partial charge in [0.1, 0.15) is 5.75 Å². The Balaban J connectivity index is 2.21. The summed E-state index contributed by atoms with van der Waals surface area (Å²) in [6.45, 7) is 0.429. The summed E-state index contributed by atoms with van der Waals surface area (Å²) < 4.78 is 5.52. The summed E-state index contributed by atoms with van der Waals surface area (Å²) in [5, 5.41) is 9.61. The van der Waals surface area contributed by atoms with Gasteiger partial charge in [-0.1, -0.05) is 29.3 Å². The van der Waals surface area contributed by atoms with Crippen LogP contribution in [0.25, 0.3) is 0 Å². The van der Waals surface area contributed by atoms with E-state index in [9.17, 15) is 4.79 Å². The molecule has 1 aromatic carbocycles. The number of rotatable bonds is 2. The van der Waals surface area contributed by atoms with Crippen molar-refractivity contribution < 1.29 is 14.6 Å². The molecule has 1 heterocycles. The number of hydrogen-bond donors (Lipinski definition) is 1. The van der Waals surface area contributed by atoms with Crippen LogP contribution in [-0.4, -0.2) is 17.7 Å². The number of ether oxygens (including phenoxy) is 1. The Hall–Kier alpha value is -1.19. The van der Waals surface area contributed by atoms with Crippen LogP contribution in [0.5, 0.6) is 5.75 Å². The highest BCUT2D eigenvalue weighted by Crippen LogP contribution is 2.37. The van der Waals surface area contributed by atoms with Crippen LogP contribution in [0.15, 0.2) is 24.3 Å². The summed E-state index contributed by atoms with van der Waals surface area (Å²) >= 11 is 11.9. The van der Waals surface area contributed by atoms with Gasteiger partial charge in [-0.25, -0.2) is 4.79 Å². The second kappa shape index (κ2) is 4.98. The van der Waals surface area contributed by atoms with Gasteiger partial charge in [-0.2, -0.15) is 0 Å². The molecule has 1 aliphatic rings. The fourth-order valence-electron chi connectivity index (χ4n) is 1.80. The third-order valence-electron chi connectivity index (χ3n) is 2.52. The van der Waals surface area contributed by atoms with Crippen LogP contribution in [0, 0.1) is 5.92 Å². The van der Waals surface area contributed by atoms with Crippen molar-refractivity contribution in [3.05, 3.63) is 39.9 Å². The Morgan fingerprint density at radius 3 is 2.94 bits per heavy atom. The maximum atomic E-state index is 10.4. The standard InChI is InChI=1S/C12H10Cl2O3/c13-9-4-8-3-7(1-2-11(15)16)6-17-12(8)10(14)5-9/h1-2,4-5,7H,3,6H2,(H,15,16). The van der Waals surface area contributed by atoms with Gasteiger partial charge in [-0.15, -0.1) is 0 Å². The number of carboxylic acid groups (broad SMARTS) is 1. The van der Waals surface area contributed by atoms with Gasteiger partial charge in [0, 0.05) is 17.0 Å². The van der Waals surface area contributed by atoms with Gasteiger partial charge in [0.25, 0.3) is 0 Å². The first-order chi connectivity index (χ1) is 8.06. The molecule has 0 bridgehead atoms. The van der Waals surface area contributed by atoms with Crippen molar-refractivity contribution in [2.75, 3.05) is 6.61 Å². The molecule has 17 heavy (non-hydrogen) atoms. The first-order valence-corrected chi connectivity index (χ1v) is 5.83. The smallest absolute Gasteiger partial charge is 0.327 e. The van der Waals surface area contributed by atoms with Crippen molar-refractivity contribution in [2.45, 2.75) is 6.42 Å². The summed E-state index contributed by atoms with van der Waals surface area (Å²) in [7, 11) is 0. The highest BCUT2D eigenvalue weighted by molar-refractivity contribution is 6.35. The van der Waals surface area contributed by atoms with E-state index in [1.165, 1.54) is 0 Å². The molecule has 1 N–H and O–H groups in total. The van der Waals surface area contributed by atoms with Crippen LogP contribution in [-0.2, 0) is 11.2 Å². The molecular formula is C12H10Cl2O3. The normalized spacial score (nSPS) is 18.8. The molecule has 1 unspecified atom stereocenters. The predicted molar refractivity (Wildman–Crippen MR) is 65.9 cm³/mol. The summed E-state index contributed by atoms with van der Waals surface area (Å²) in [5.74, 6) is -0.274. The first-order valence-electron chi connectivity index (χ1n) is 5.08. The van der Waals surface area contributed by atoms with Gasteiger partial charge in [-0.05, 0) is 24.1 Å². The number of aliphatic carboxylic acids is 1. The fraction of sp³-hybridized carbons (Fsp3) is 0.250. The van der Waals surface area contributed by atoms with Crippen LogP contribution in [0.1, 0.15) is 5.56 Å². The van der Waals surface area contributed by atoms with E-state index in [-0.39, 0.29) is 5.92 Å². The highest BCUT2D eigenvalue weighted by atomic mass is 35.5. The molecule has 1 aliphatic heterocycles. The van der Waals surface area contributed by atoms with Crippen molar-refractivity contribution in [1.29, 1.82) is 0 Å². The molecule has 0 fully saturated rings.